The Hall–Kier alpha value is -2.70. The maximum atomic E-state index is 12.9. The molecule has 1 saturated heterocycles. The molecule has 1 aliphatic heterocycles. The summed E-state index contributed by atoms with van der Waals surface area (Å²) < 4.78 is 12.9. The first-order chi connectivity index (χ1) is 12.1. The number of nitrogens with zero attached hydrogens (tertiary/aromatic N) is 2. The van der Waals surface area contributed by atoms with Gasteiger partial charge in [-0.2, -0.15) is 5.10 Å². The van der Waals surface area contributed by atoms with Gasteiger partial charge in [-0.25, -0.2) is 4.39 Å². The van der Waals surface area contributed by atoms with Crippen LogP contribution >= 0.6 is 0 Å². The number of benzene rings is 1. The molecule has 0 bridgehead atoms. The average Bonchev–Trinajstić information content (AvgIpc) is 3.20. The van der Waals surface area contributed by atoms with Crippen molar-refractivity contribution in [2.24, 2.45) is 0 Å². The van der Waals surface area contributed by atoms with Crippen molar-refractivity contribution in [1.29, 1.82) is 0 Å². The van der Waals surface area contributed by atoms with Crippen molar-refractivity contribution in [1.82, 2.24) is 20.4 Å². The number of aromatic nitrogens is 2. The lowest BCUT2D eigenvalue weighted by Gasteiger charge is -2.17. The van der Waals surface area contributed by atoms with Crippen LogP contribution in [0.5, 0.6) is 0 Å². The van der Waals surface area contributed by atoms with Crippen LogP contribution in [0, 0.1) is 5.82 Å². The number of aryl methyl sites for hydroxylation is 1. The number of H-pyrrole nitrogens is 1. The first-order valence-corrected chi connectivity index (χ1v) is 8.39. The van der Waals surface area contributed by atoms with Crippen LogP contribution in [0.2, 0.25) is 0 Å². The molecule has 7 heteroatoms. The highest BCUT2D eigenvalue weighted by Gasteiger charge is 2.30. The summed E-state index contributed by atoms with van der Waals surface area (Å²) in [5.74, 6) is -0.324. The molecule has 6 nitrogen and oxygen atoms in total. The molecule has 1 aromatic carbocycles. The molecule has 3 rings (SSSR count). The van der Waals surface area contributed by atoms with Crippen molar-refractivity contribution >= 4 is 11.8 Å². The molecular weight excluding hydrogens is 323 g/mol. The largest absolute Gasteiger partial charge is 0.351 e. The molecule has 1 fully saturated rings. The van der Waals surface area contributed by atoms with Gasteiger partial charge in [-0.1, -0.05) is 12.1 Å². The Balaban J connectivity index is 1.42. The number of halogens is 1. The highest BCUT2D eigenvalue weighted by molar-refractivity contribution is 5.82. The van der Waals surface area contributed by atoms with Gasteiger partial charge in [-0.3, -0.25) is 14.7 Å². The van der Waals surface area contributed by atoms with E-state index in [0.29, 0.717) is 25.9 Å². The summed E-state index contributed by atoms with van der Waals surface area (Å²) in [6.07, 6.45) is 5.85. The first kappa shape index (κ1) is 17.1. The maximum absolute atomic E-state index is 12.9. The number of carbonyl (C=O) groups excluding carboxylic acids is 2. The second kappa shape index (κ2) is 7.92. The molecule has 2 aromatic rings. The zero-order valence-corrected chi connectivity index (χ0v) is 13.9. The smallest absolute Gasteiger partial charge is 0.225 e. The van der Waals surface area contributed by atoms with E-state index in [2.05, 4.69) is 15.5 Å². The van der Waals surface area contributed by atoms with E-state index in [-0.39, 0.29) is 23.7 Å². The average molecular weight is 344 g/mol. The first-order valence-electron chi connectivity index (χ1n) is 8.39. The highest BCUT2D eigenvalue weighted by atomic mass is 19.1. The zero-order valence-electron chi connectivity index (χ0n) is 13.9. The number of likely N-dealkylation sites (tertiary alicyclic amines) is 1. The molecule has 132 valence electrons. The van der Waals surface area contributed by atoms with Gasteiger partial charge in [0.25, 0.3) is 0 Å². The van der Waals surface area contributed by atoms with Crippen LogP contribution in [0.3, 0.4) is 0 Å². The number of nitrogens with one attached hydrogen (secondary N) is 2. The van der Waals surface area contributed by atoms with E-state index in [1.165, 1.54) is 12.1 Å². The van der Waals surface area contributed by atoms with Crippen molar-refractivity contribution < 1.29 is 14.0 Å². The second-order valence-electron chi connectivity index (χ2n) is 6.33. The van der Waals surface area contributed by atoms with Crippen LogP contribution in [0.15, 0.2) is 36.7 Å². The lowest BCUT2D eigenvalue weighted by molar-refractivity contribution is -0.128. The summed E-state index contributed by atoms with van der Waals surface area (Å²) in [5.41, 5.74) is 1.95. The van der Waals surface area contributed by atoms with E-state index in [9.17, 15) is 14.0 Å². The lowest BCUT2D eigenvalue weighted by atomic mass is 10.1. The minimum atomic E-state index is -0.294. The van der Waals surface area contributed by atoms with Crippen LogP contribution in [-0.4, -0.2) is 39.5 Å². The van der Waals surface area contributed by atoms with Crippen LogP contribution in [0.25, 0.3) is 0 Å². The van der Waals surface area contributed by atoms with Crippen molar-refractivity contribution in [2.75, 3.05) is 6.54 Å². The molecule has 0 radical (unpaired) electrons. The SMILES string of the molecule is O=C(CCCc1cn[nH]c1)NC1CC(=O)N(Cc2ccc(F)cc2)C1. The van der Waals surface area contributed by atoms with Crippen LogP contribution < -0.4 is 5.32 Å². The Labute approximate surface area is 145 Å². The van der Waals surface area contributed by atoms with Gasteiger partial charge in [-0.15, -0.1) is 0 Å². The molecule has 1 atom stereocenters. The van der Waals surface area contributed by atoms with Crippen molar-refractivity contribution in [3.05, 3.63) is 53.6 Å². The summed E-state index contributed by atoms with van der Waals surface area (Å²) in [6.45, 7) is 0.926. The summed E-state index contributed by atoms with van der Waals surface area (Å²) in [7, 11) is 0. The third-order valence-electron chi connectivity index (χ3n) is 4.29. The van der Waals surface area contributed by atoms with E-state index in [1.54, 1.807) is 23.2 Å². The minimum absolute atomic E-state index is 0.00743. The molecule has 1 aromatic heterocycles. The number of hydrogen-bond donors (Lipinski definition) is 2. The predicted octanol–water partition coefficient (Wildman–Crippen LogP) is 1.79. The van der Waals surface area contributed by atoms with Crippen LogP contribution in [0.4, 0.5) is 4.39 Å². The van der Waals surface area contributed by atoms with E-state index in [4.69, 9.17) is 0 Å². The van der Waals surface area contributed by atoms with Gasteiger partial charge >= 0.3 is 0 Å². The quantitative estimate of drug-likeness (QED) is 0.804. The van der Waals surface area contributed by atoms with Gasteiger partial charge in [0.1, 0.15) is 5.82 Å². The third kappa shape index (κ3) is 4.89. The van der Waals surface area contributed by atoms with Crippen molar-refractivity contribution in [3.8, 4) is 0 Å². The normalized spacial score (nSPS) is 17.1. The zero-order chi connectivity index (χ0) is 17.6. The fraction of sp³-hybridized carbons (Fsp3) is 0.389. The molecule has 2 heterocycles. The van der Waals surface area contributed by atoms with Gasteiger partial charge < -0.3 is 10.2 Å². The summed E-state index contributed by atoms with van der Waals surface area (Å²) in [5, 5.41) is 9.54. The van der Waals surface area contributed by atoms with Crippen molar-refractivity contribution in [2.45, 2.75) is 38.3 Å². The van der Waals surface area contributed by atoms with Crippen LogP contribution in [0.1, 0.15) is 30.4 Å². The third-order valence-corrected chi connectivity index (χ3v) is 4.29. The van der Waals surface area contributed by atoms with Crippen molar-refractivity contribution in [3.63, 3.8) is 0 Å². The Morgan fingerprint density at radius 2 is 2.12 bits per heavy atom. The number of hydrogen-bond acceptors (Lipinski definition) is 3. The summed E-state index contributed by atoms with van der Waals surface area (Å²) in [4.78, 5) is 25.8. The molecule has 0 aliphatic carbocycles. The van der Waals surface area contributed by atoms with Crippen LogP contribution in [-0.2, 0) is 22.6 Å². The molecule has 2 amide bonds. The lowest BCUT2D eigenvalue weighted by Crippen LogP contribution is -2.36. The standard InChI is InChI=1S/C18H21FN4O2/c19-15-6-4-13(5-7-15)11-23-12-16(8-18(23)25)22-17(24)3-1-2-14-9-20-21-10-14/h4-7,9-10,16H,1-3,8,11-12H2,(H,20,21)(H,22,24). The Kier molecular flexibility index (Phi) is 5.42. The van der Waals surface area contributed by atoms with Gasteiger partial charge in [0.2, 0.25) is 11.8 Å². The molecule has 25 heavy (non-hydrogen) atoms. The molecule has 1 unspecified atom stereocenters. The fourth-order valence-electron chi connectivity index (χ4n) is 3.00. The molecule has 1 aliphatic rings. The second-order valence-corrected chi connectivity index (χ2v) is 6.33. The number of carbonyl (C=O) groups is 2. The monoisotopic (exact) mass is 344 g/mol. The predicted molar refractivity (Wildman–Crippen MR) is 89.9 cm³/mol. The van der Waals surface area contributed by atoms with Gasteiger partial charge in [-0.05, 0) is 36.1 Å². The molecule has 0 saturated carbocycles. The highest BCUT2D eigenvalue weighted by Crippen LogP contribution is 2.16. The maximum Gasteiger partial charge on any atom is 0.225 e. The number of amides is 2. The number of rotatable bonds is 7. The Morgan fingerprint density at radius 1 is 1.32 bits per heavy atom. The topological polar surface area (TPSA) is 78.1 Å². The fourth-order valence-corrected chi connectivity index (χ4v) is 3.00. The summed E-state index contributed by atoms with van der Waals surface area (Å²) in [6, 6.07) is 5.95. The van der Waals surface area contributed by atoms with E-state index < -0.39 is 0 Å². The summed E-state index contributed by atoms with van der Waals surface area (Å²) >= 11 is 0. The molecular formula is C18H21FN4O2. The molecule has 2 N–H and O–H groups in total. The van der Waals surface area contributed by atoms with E-state index in [0.717, 1.165) is 24.0 Å². The van der Waals surface area contributed by atoms with Gasteiger partial charge in [0.15, 0.2) is 0 Å². The van der Waals surface area contributed by atoms with Gasteiger partial charge in [0, 0.05) is 32.1 Å². The number of aromatic amines is 1. The Morgan fingerprint density at radius 3 is 2.84 bits per heavy atom. The minimum Gasteiger partial charge on any atom is -0.351 e. The van der Waals surface area contributed by atoms with Gasteiger partial charge in [0.05, 0.1) is 12.2 Å². The van der Waals surface area contributed by atoms with E-state index in [1.807, 2.05) is 6.20 Å². The Bertz CT molecular complexity index is 715. The molecule has 0 spiro atoms. The van der Waals surface area contributed by atoms with E-state index >= 15 is 0 Å².